The number of alkyl halides is 3. The van der Waals surface area contributed by atoms with E-state index in [4.69, 9.17) is 4.74 Å². The number of halogens is 3. The number of nitrogens with one attached hydrogen (secondary N) is 1. The molecule has 1 saturated heterocycles. The van der Waals surface area contributed by atoms with Crippen LogP contribution in [0.15, 0.2) is 24.3 Å². The van der Waals surface area contributed by atoms with Gasteiger partial charge in [0.2, 0.25) is 0 Å². The maximum absolute atomic E-state index is 12.5. The highest BCUT2D eigenvalue weighted by Crippen LogP contribution is 2.31. The molecule has 1 aliphatic rings. The first-order valence-electron chi connectivity index (χ1n) is 7.06. The van der Waals surface area contributed by atoms with Crippen molar-refractivity contribution in [2.24, 2.45) is 5.92 Å². The molecule has 2 nitrogen and oxygen atoms in total. The fourth-order valence-electron chi connectivity index (χ4n) is 2.49. The molecule has 0 bridgehead atoms. The SMILES string of the molecule is FC(F)(F)c1cccc(OCCCC2CCNCC2)c1. The Bertz CT molecular complexity index is 414. The lowest BCUT2D eigenvalue weighted by Crippen LogP contribution is -2.27. The van der Waals surface area contributed by atoms with Crippen LogP contribution in [0.25, 0.3) is 0 Å². The maximum atomic E-state index is 12.5. The predicted molar refractivity (Wildman–Crippen MR) is 71.8 cm³/mol. The van der Waals surface area contributed by atoms with Gasteiger partial charge in [-0.15, -0.1) is 0 Å². The Morgan fingerprint density at radius 1 is 1.20 bits per heavy atom. The molecule has 0 aliphatic carbocycles. The number of benzene rings is 1. The smallest absolute Gasteiger partial charge is 0.416 e. The first kappa shape index (κ1) is 15.2. The number of hydrogen-bond donors (Lipinski definition) is 1. The summed E-state index contributed by atoms with van der Waals surface area (Å²) in [5.74, 6) is 1.02. The van der Waals surface area contributed by atoms with Crippen molar-refractivity contribution in [2.45, 2.75) is 31.9 Å². The molecule has 0 unspecified atom stereocenters. The molecule has 0 saturated carbocycles. The zero-order chi connectivity index (χ0) is 14.4. The molecule has 0 aromatic heterocycles. The van der Waals surface area contributed by atoms with Gasteiger partial charge in [-0.25, -0.2) is 0 Å². The summed E-state index contributed by atoms with van der Waals surface area (Å²) in [7, 11) is 0. The largest absolute Gasteiger partial charge is 0.494 e. The summed E-state index contributed by atoms with van der Waals surface area (Å²) in [6, 6.07) is 5.07. The summed E-state index contributed by atoms with van der Waals surface area (Å²) in [6.45, 7) is 2.61. The Morgan fingerprint density at radius 3 is 2.65 bits per heavy atom. The minimum absolute atomic E-state index is 0.296. The minimum atomic E-state index is -4.31. The molecule has 112 valence electrons. The van der Waals surface area contributed by atoms with Crippen molar-refractivity contribution >= 4 is 0 Å². The van der Waals surface area contributed by atoms with Crippen LogP contribution in [0.2, 0.25) is 0 Å². The van der Waals surface area contributed by atoms with Gasteiger partial charge in [0.25, 0.3) is 0 Å². The monoisotopic (exact) mass is 287 g/mol. The number of ether oxygens (including phenoxy) is 1. The molecule has 1 fully saturated rings. The molecule has 0 amide bonds. The lowest BCUT2D eigenvalue weighted by Gasteiger charge is -2.22. The molecule has 1 aromatic rings. The van der Waals surface area contributed by atoms with Gasteiger partial charge in [0.1, 0.15) is 5.75 Å². The quantitative estimate of drug-likeness (QED) is 0.830. The summed E-state index contributed by atoms with van der Waals surface area (Å²) < 4.78 is 43.0. The van der Waals surface area contributed by atoms with Crippen LogP contribution in [0, 0.1) is 5.92 Å². The van der Waals surface area contributed by atoms with Gasteiger partial charge >= 0.3 is 6.18 Å². The van der Waals surface area contributed by atoms with E-state index in [1.54, 1.807) is 6.07 Å². The van der Waals surface area contributed by atoms with Crippen molar-refractivity contribution in [3.05, 3.63) is 29.8 Å². The van der Waals surface area contributed by atoms with Gasteiger partial charge in [0, 0.05) is 0 Å². The van der Waals surface area contributed by atoms with Gasteiger partial charge in [0.15, 0.2) is 0 Å². The van der Waals surface area contributed by atoms with Crippen LogP contribution in [0.4, 0.5) is 13.2 Å². The summed E-state index contributed by atoms with van der Waals surface area (Å²) in [5, 5.41) is 3.31. The highest BCUT2D eigenvalue weighted by molar-refractivity contribution is 5.30. The van der Waals surface area contributed by atoms with E-state index in [2.05, 4.69) is 5.32 Å². The lowest BCUT2D eigenvalue weighted by molar-refractivity contribution is -0.137. The van der Waals surface area contributed by atoms with E-state index < -0.39 is 11.7 Å². The van der Waals surface area contributed by atoms with Gasteiger partial charge in [-0.2, -0.15) is 13.2 Å². The third kappa shape index (κ3) is 4.71. The Balaban J connectivity index is 1.73. The van der Waals surface area contributed by atoms with E-state index in [0.29, 0.717) is 12.4 Å². The van der Waals surface area contributed by atoms with E-state index in [9.17, 15) is 13.2 Å². The zero-order valence-electron chi connectivity index (χ0n) is 11.4. The Kier molecular flexibility index (Phi) is 5.29. The summed E-state index contributed by atoms with van der Waals surface area (Å²) in [4.78, 5) is 0. The fourth-order valence-corrected chi connectivity index (χ4v) is 2.49. The van der Waals surface area contributed by atoms with Gasteiger partial charge in [-0.05, 0) is 62.9 Å². The van der Waals surface area contributed by atoms with Crippen LogP contribution in [0.1, 0.15) is 31.2 Å². The summed E-state index contributed by atoms with van der Waals surface area (Å²) in [6.07, 6.45) is 0.0309. The molecule has 1 aliphatic heterocycles. The van der Waals surface area contributed by atoms with Crippen molar-refractivity contribution in [1.82, 2.24) is 5.32 Å². The molecule has 1 aromatic carbocycles. The predicted octanol–water partition coefficient (Wildman–Crippen LogP) is 3.86. The third-order valence-electron chi connectivity index (χ3n) is 3.65. The van der Waals surface area contributed by atoms with Crippen LogP contribution in [-0.4, -0.2) is 19.7 Å². The van der Waals surface area contributed by atoms with E-state index in [1.807, 2.05) is 0 Å². The molecule has 5 heteroatoms. The normalized spacial score (nSPS) is 17.1. The lowest BCUT2D eigenvalue weighted by atomic mass is 9.93. The third-order valence-corrected chi connectivity index (χ3v) is 3.65. The second-order valence-corrected chi connectivity index (χ2v) is 5.21. The van der Waals surface area contributed by atoms with E-state index in [1.165, 1.54) is 18.9 Å². The zero-order valence-corrected chi connectivity index (χ0v) is 11.4. The Hall–Kier alpha value is -1.23. The molecule has 1 N–H and O–H groups in total. The number of piperidine rings is 1. The Labute approximate surface area is 117 Å². The van der Waals surface area contributed by atoms with Crippen LogP contribution < -0.4 is 10.1 Å². The highest BCUT2D eigenvalue weighted by atomic mass is 19.4. The molecule has 0 spiro atoms. The van der Waals surface area contributed by atoms with Crippen LogP contribution in [-0.2, 0) is 6.18 Å². The van der Waals surface area contributed by atoms with Crippen molar-refractivity contribution in [1.29, 1.82) is 0 Å². The minimum Gasteiger partial charge on any atom is -0.494 e. The van der Waals surface area contributed by atoms with Gasteiger partial charge < -0.3 is 10.1 Å². The van der Waals surface area contributed by atoms with Gasteiger partial charge in [-0.1, -0.05) is 6.07 Å². The van der Waals surface area contributed by atoms with Crippen molar-refractivity contribution in [2.75, 3.05) is 19.7 Å². The summed E-state index contributed by atoms with van der Waals surface area (Å²) in [5.41, 5.74) is -0.659. The molecular formula is C15H20F3NO. The molecule has 0 atom stereocenters. The summed E-state index contributed by atoms with van der Waals surface area (Å²) >= 11 is 0. The molecule has 2 rings (SSSR count). The van der Waals surface area contributed by atoms with E-state index >= 15 is 0 Å². The maximum Gasteiger partial charge on any atom is 0.416 e. The van der Waals surface area contributed by atoms with Crippen molar-refractivity contribution < 1.29 is 17.9 Å². The van der Waals surface area contributed by atoms with E-state index in [0.717, 1.165) is 44.0 Å². The second kappa shape index (κ2) is 6.97. The molecule has 1 heterocycles. The first-order chi connectivity index (χ1) is 9.55. The average Bonchev–Trinajstić information content (AvgIpc) is 2.44. The average molecular weight is 287 g/mol. The van der Waals surface area contributed by atoms with Crippen LogP contribution in [0.3, 0.4) is 0 Å². The number of hydrogen-bond acceptors (Lipinski definition) is 2. The molecular weight excluding hydrogens is 267 g/mol. The Morgan fingerprint density at radius 2 is 1.95 bits per heavy atom. The van der Waals surface area contributed by atoms with Gasteiger partial charge in [0.05, 0.1) is 12.2 Å². The van der Waals surface area contributed by atoms with Crippen molar-refractivity contribution in [3.63, 3.8) is 0 Å². The number of rotatable bonds is 5. The molecule has 20 heavy (non-hydrogen) atoms. The van der Waals surface area contributed by atoms with Crippen molar-refractivity contribution in [3.8, 4) is 5.75 Å². The first-order valence-corrected chi connectivity index (χ1v) is 7.06. The van der Waals surface area contributed by atoms with E-state index in [-0.39, 0.29) is 0 Å². The topological polar surface area (TPSA) is 21.3 Å². The highest BCUT2D eigenvalue weighted by Gasteiger charge is 2.30. The second-order valence-electron chi connectivity index (χ2n) is 5.21. The van der Waals surface area contributed by atoms with Crippen LogP contribution in [0.5, 0.6) is 5.75 Å². The molecule has 0 radical (unpaired) electrons. The standard InChI is InChI=1S/C15H20F3NO/c16-15(17,18)13-4-1-5-14(11-13)20-10-2-3-12-6-8-19-9-7-12/h1,4-5,11-12,19H,2-3,6-10H2. The van der Waals surface area contributed by atoms with Crippen LogP contribution >= 0.6 is 0 Å². The van der Waals surface area contributed by atoms with Gasteiger partial charge in [-0.3, -0.25) is 0 Å². The fraction of sp³-hybridized carbons (Fsp3) is 0.600.